The molecule has 48 valence electrons. The molecule has 0 N–H and O–H groups in total. The number of ether oxygens (including phenoxy) is 1. The van der Waals surface area contributed by atoms with Gasteiger partial charge in [-0.05, 0) is 0 Å². The molecule has 0 aliphatic carbocycles. The van der Waals surface area contributed by atoms with Crippen LogP contribution in [-0.4, -0.2) is 26.4 Å². The molecule has 1 heterocycles. The van der Waals surface area contributed by atoms with Gasteiger partial charge in [0.25, 0.3) is 0 Å². The van der Waals surface area contributed by atoms with E-state index in [2.05, 4.69) is 0 Å². The van der Waals surface area contributed by atoms with Crippen molar-refractivity contribution in [2.45, 2.75) is 6.10 Å². The highest BCUT2D eigenvalue weighted by molar-refractivity contribution is 7.90. The molecule has 0 aromatic rings. The number of hydrogen-bond donors (Lipinski definition) is 0. The van der Waals surface area contributed by atoms with Crippen LogP contribution >= 0.6 is 12.3 Å². The lowest BCUT2D eigenvalue weighted by Gasteiger charge is -2.00. The maximum atomic E-state index is 4.96. The summed E-state index contributed by atoms with van der Waals surface area (Å²) < 4.78 is 14.6. The first-order valence-electron chi connectivity index (χ1n) is 2.37. The largest absolute Gasteiger partial charge is 0.382 e. The highest BCUT2D eigenvalue weighted by Crippen LogP contribution is 2.18. The molecule has 3 nitrogen and oxygen atoms in total. The molecule has 1 aliphatic heterocycles. The Morgan fingerprint density at radius 1 is 1.88 bits per heavy atom. The molecule has 0 bridgehead atoms. The van der Waals surface area contributed by atoms with Crippen LogP contribution in [0.5, 0.6) is 0 Å². The van der Waals surface area contributed by atoms with E-state index in [1.165, 1.54) is 0 Å². The van der Waals surface area contributed by atoms with Crippen LogP contribution in [-0.2, 0) is 13.1 Å². The molecular formula is C4H8O3S. The van der Waals surface area contributed by atoms with Crippen molar-refractivity contribution in [2.24, 2.45) is 0 Å². The fourth-order valence-corrected chi connectivity index (χ4v) is 0.962. The second kappa shape index (κ2) is 3.29. The quantitative estimate of drug-likeness (QED) is 0.520. The van der Waals surface area contributed by atoms with Gasteiger partial charge in [0.2, 0.25) is 0 Å². The third kappa shape index (κ3) is 1.63. The first kappa shape index (κ1) is 6.35. The van der Waals surface area contributed by atoms with E-state index in [4.69, 9.17) is 13.1 Å². The number of rotatable bonds is 2. The summed E-state index contributed by atoms with van der Waals surface area (Å²) in [4.78, 5) is 0. The summed E-state index contributed by atoms with van der Waals surface area (Å²) in [7, 11) is 1.65. The Morgan fingerprint density at radius 2 is 2.75 bits per heavy atom. The van der Waals surface area contributed by atoms with Gasteiger partial charge in [-0.3, -0.25) is 8.37 Å². The minimum atomic E-state index is 0.130. The van der Waals surface area contributed by atoms with Crippen molar-refractivity contribution in [1.82, 2.24) is 0 Å². The van der Waals surface area contributed by atoms with E-state index in [-0.39, 0.29) is 6.10 Å². The van der Waals surface area contributed by atoms with Gasteiger partial charge in [-0.1, -0.05) is 0 Å². The maximum Gasteiger partial charge on any atom is 0.159 e. The molecular weight excluding hydrogens is 128 g/mol. The average molecular weight is 136 g/mol. The van der Waals surface area contributed by atoms with Crippen LogP contribution in [0.1, 0.15) is 0 Å². The lowest BCUT2D eigenvalue weighted by molar-refractivity contribution is 0.0979. The zero-order chi connectivity index (χ0) is 5.82. The van der Waals surface area contributed by atoms with Crippen molar-refractivity contribution < 1.29 is 13.1 Å². The zero-order valence-electron chi connectivity index (χ0n) is 4.62. The van der Waals surface area contributed by atoms with Gasteiger partial charge < -0.3 is 4.74 Å². The van der Waals surface area contributed by atoms with Crippen molar-refractivity contribution in [3.05, 3.63) is 0 Å². The Balaban J connectivity index is 2.06. The summed E-state index contributed by atoms with van der Waals surface area (Å²) >= 11 is 1.04. The number of hydrogen-bond acceptors (Lipinski definition) is 4. The molecule has 1 atom stereocenters. The predicted molar refractivity (Wildman–Crippen MR) is 30.3 cm³/mol. The lowest BCUT2D eigenvalue weighted by atomic mass is 10.4. The molecule has 1 saturated heterocycles. The Bertz CT molecular complexity index is 62.3. The minimum Gasteiger partial charge on any atom is -0.382 e. The monoisotopic (exact) mass is 136 g/mol. The van der Waals surface area contributed by atoms with Crippen LogP contribution in [0, 0.1) is 0 Å². The van der Waals surface area contributed by atoms with Crippen molar-refractivity contribution >= 4 is 12.3 Å². The van der Waals surface area contributed by atoms with Gasteiger partial charge in [-0.25, -0.2) is 0 Å². The SMILES string of the molecule is COCC1COSO1. The second-order valence-corrected chi connectivity index (χ2v) is 2.09. The molecule has 0 radical (unpaired) electrons. The highest BCUT2D eigenvalue weighted by Gasteiger charge is 2.16. The topological polar surface area (TPSA) is 27.7 Å². The third-order valence-corrected chi connectivity index (χ3v) is 1.41. The second-order valence-electron chi connectivity index (χ2n) is 1.53. The van der Waals surface area contributed by atoms with Crippen molar-refractivity contribution in [1.29, 1.82) is 0 Å². The van der Waals surface area contributed by atoms with Gasteiger partial charge in [-0.15, -0.1) is 0 Å². The summed E-state index contributed by atoms with van der Waals surface area (Å²) in [5, 5.41) is 0. The Labute approximate surface area is 52.7 Å². The van der Waals surface area contributed by atoms with E-state index in [0.29, 0.717) is 13.2 Å². The van der Waals surface area contributed by atoms with Gasteiger partial charge in [0.05, 0.1) is 13.2 Å². The van der Waals surface area contributed by atoms with Crippen LogP contribution in [0.4, 0.5) is 0 Å². The van der Waals surface area contributed by atoms with Crippen LogP contribution < -0.4 is 0 Å². The van der Waals surface area contributed by atoms with Crippen molar-refractivity contribution in [2.75, 3.05) is 20.3 Å². The van der Waals surface area contributed by atoms with Gasteiger partial charge in [0, 0.05) is 7.11 Å². The summed E-state index contributed by atoms with van der Waals surface area (Å²) in [6.45, 7) is 1.26. The van der Waals surface area contributed by atoms with Crippen LogP contribution in [0.15, 0.2) is 0 Å². The van der Waals surface area contributed by atoms with Crippen molar-refractivity contribution in [3.8, 4) is 0 Å². The van der Waals surface area contributed by atoms with Crippen LogP contribution in [0.25, 0.3) is 0 Å². The maximum absolute atomic E-state index is 4.96. The first-order valence-corrected chi connectivity index (χ1v) is 3.04. The van der Waals surface area contributed by atoms with E-state index in [1.54, 1.807) is 7.11 Å². The van der Waals surface area contributed by atoms with Crippen molar-refractivity contribution in [3.63, 3.8) is 0 Å². The molecule has 4 heteroatoms. The molecule has 1 unspecified atom stereocenters. The van der Waals surface area contributed by atoms with Crippen LogP contribution in [0.3, 0.4) is 0 Å². The summed E-state index contributed by atoms with van der Waals surface area (Å²) in [6, 6.07) is 0. The first-order chi connectivity index (χ1) is 3.93. The molecule has 0 saturated carbocycles. The minimum absolute atomic E-state index is 0.130. The van der Waals surface area contributed by atoms with E-state index in [0.717, 1.165) is 12.3 Å². The Morgan fingerprint density at radius 3 is 3.25 bits per heavy atom. The van der Waals surface area contributed by atoms with Crippen LogP contribution in [0.2, 0.25) is 0 Å². The standard InChI is InChI=1S/C4H8O3S/c1-5-2-4-3-6-8-7-4/h4H,2-3H2,1H3. The molecule has 1 aliphatic rings. The summed E-state index contributed by atoms with van der Waals surface area (Å²) in [5.41, 5.74) is 0. The molecule has 0 aromatic carbocycles. The van der Waals surface area contributed by atoms with Gasteiger partial charge in [0.1, 0.15) is 6.10 Å². The van der Waals surface area contributed by atoms with E-state index in [1.807, 2.05) is 0 Å². The Hall–Kier alpha value is 0.230. The molecule has 8 heavy (non-hydrogen) atoms. The zero-order valence-corrected chi connectivity index (χ0v) is 5.44. The third-order valence-electron chi connectivity index (χ3n) is 0.830. The molecule has 0 aromatic heterocycles. The molecule has 0 spiro atoms. The lowest BCUT2D eigenvalue weighted by Crippen LogP contribution is -2.15. The van der Waals surface area contributed by atoms with E-state index in [9.17, 15) is 0 Å². The van der Waals surface area contributed by atoms with E-state index >= 15 is 0 Å². The summed E-state index contributed by atoms with van der Waals surface area (Å²) in [5.74, 6) is 0. The highest BCUT2D eigenvalue weighted by atomic mass is 32.2. The summed E-state index contributed by atoms with van der Waals surface area (Å²) in [6.07, 6.45) is 0.130. The fourth-order valence-electron chi connectivity index (χ4n) is 0.477. The smallest absolute Gasteiger partial charge is 0.159 e. The van der Waals surface area contributed by atoms with Gasteiger partial charge >= 0.3 is 0 Å². The Kier molecular flexibility index (Phi) is 2.62. The average Bonchev–Trinajstić information content (AvgIpc) is 2.19. The molecule has 1 rings (SSSR count). The molecule has 1 fully saturated rings. The van der Waals surface area contributed by atoms with E-state index < -0.39 is 0 Å². The normalized spacial score (nSPS) is 28.9. The predicted octanol–water partition coefficient (Wildman–Crippen LogP) is 0.611. The molecule has 0 amide bonds. The fraction of sp³-hybridized carbons (Fsp3) is 1.00. The van der Waals surface area contributed by atoms with Gasteiger partial charge in [0.15, 0.2) is 12.3 Å². The van der Waals surface area contributed by atoms with Gasteiger partial charge in [-0.2, -0.15) is 0 Å². The number of methoxy groups -OCH3 is 1.